The summed E-state index contributed by atoms with van der Waals surface area (Å²) < 4.78 is 13.5. The van der Waals surface area contributed by atoms with E-state index in [9.17, 15) is 4.79 Å². The average Bonchev–Trinajstić information content (AvgIpc) is 3.29. The lowest BCUT2D eigenvalue weighted by Crippen LogP contribution is -2.47. The number of hydrogen-bond acceptors (Lipinski definition) is 4. The minimum atomic E-state index is -0.382. The van der Waals surface area contributed by atoms with Crippen molar-refractivity contribution in [1.29, 1.82) is 0 Å². The van der Waals surface area contributed by atoms with Crippen LogP contribution in [0.5, 0.6) is 0 Å². The molecule has 1 aromatic heterocycles. The van der Waals surface area contributed by atoms with Gasteiger partial charge in [0, 0.05) is 25.5 Å². The standard InChI is InChI=1S/C18H29N3O3/c1-14(2)17(24-13-16-7-4-11-23-16)18(22)21-10-3-6-15(21)12-20-9-5-8-19-20/h5,8-9,14-17H,3-4,6-7,10-13H2,1-2H3/t15-,16+,17+/m1/s1. The maximum Gasteiger partial charge on any atom is 0.252 e. The van der Waals surface area contributed by atoms with Gasteiger partial charge in [0.2, 0.25) is 0 Å². The van der Waals surface area contributed by atoms with Crippen LogP contribution in [0.15, 0.2) is 18.5 Å². The van der Waals surface area contributed by atoms with Crippen LogP contribution in [0.3, 0.4) is 0 Å². The molecule has 2 saturated heterocycles. The van der Waals surface area contributed by atoms with Crippen LogP contribution in [-0.4, -0.2) is 58.6 Å². The van der Waals surface area contributed by atoms with Crippen molar-refractivity contribution in [2.45, 2.75) is 64.3 Å². The third kappa shape index (κ3) is 4.16. The Kier molecular flexibility index (Phi) is 5.89. The van der Waals surface area contributed by atoms with Crippen molar-refractivity contribution in [2.75, 3.05) is 19.8 Å². The second kappa shape index (κ2) is 8.12. The number of carbonyl (C=O) groups is 1. The molecular weight excluding hydrogens is 306 g/mol. The van der Waals surface area contributed by atoms with Gasteiger partial charge in [0.15, 0.2) is 0 Å². The molecule has 3 atom stereocenters. The molecule has 3 rings (SSSR count). The van der Waals surface area contributed by atoms with Crippen LogP contribution in [0.1, 0.15) is 39.5 Å². The first kappa shape index (κ1) is 17.4. The van der Waals surface area contributed by atoms with E-state index in [2.05, 4.69) is 18.9 Å². The zero-order chi connectivity index (χ0) is 16.9. The van der Waals surface area contributed by atoms with Gasteiger partial charge in [-0.2, -0.15) is 5.10 Å². The zero-order valence-corrected chi connectivity index (χ0v) is 14.8. The molecule has 2 aliphatic heterocycles. The Balaban J connectivity index is 1.59. The second-order valence-corrected chi connectivity index (χ2v) is 7.19. The molecule has 1 amide bonds. The van der Waals surface area contributed by atoms with Crippen LogP contribution in [0.25, 0.3) is 0 Å². The van der Waals surface area contributed by atoms with Crippen LogP contribution in [0.2, 0.25) is 0 Å². The summed E-state index contributed by atoms with van der Waals surface area (Å²) in [6.07, 6.45) is 7.70. The van der Waals surface area contributed by atoms with Gasteiger partial charge in [0.1, 0.15) is 6.10 Å². The van der Waals surface area contributed by atoms with Crippen LogP contribution >= 0.6 is 0 Å². The highest BCUT2D eigenvalue weighted by atomic mass is 16.5. The van der Waals surface area contributed by atoms with Crippen LogP contribution in [0.4, 0.5) is 0 Å². The number of likely N-dealkylation sites (tertiary alicyclic amines) is 1. The largest absolute Gasteiger partial charge is 0.376 e. The summed E-state index contributed by atoms with van der Waals surface area (Å²) in [6.45, 7) is 7.01. The van der Waals surface area contributed by atoms with Crippen molar-refractivity contribution in [2.24, 2.45) is 5.92 Å². The van der Waals surface area contributed by atoms with Crippen molar-refractivity contribution in [3.8, 4) is 0 Å². The molecular formula is C18H29N3O3. The Morgan fingerprint density at radius 1 is 1.38 bits per heavy atom. The third-order valence-electron chi connectivity index (χ3n) is 4.95. The Morgan fingerprint density at radius 2 is 2.25 bits per heavy atom. The van der Waals surface area contributed by atoms with Gasteiger partial charge in [-0.3, -0.25) is 9.48 Å². The molecule has 3 heterocycles. The lowest BCUT2D eigenvalue weighted by Gasteiger charge is -2.31. The van der Waals surface area contributed by atoms with E-state index >= 15 is 0 Å². The molecule has 0 unspecified atom stereocenters. The van der Waals surface area contributed by atoms with E-state index in [1.54, 1.807) is 6.20 Å². The van der Waals surface area contributed by atoms with Gasteiger partial charge in [0.05, 0.1) is 25.3 Å². The summed E-state index contributed by atoms with van der Waals surface area (Å²) in [6, 6.07) is 2.13. The van der Waals surface area contributed by atoms with Gasteiger partial charge in [-0.15, -0.1) is 0 Å². The highest BCUT2D eigenvalue weighted by Crippen LogP contribution is 2.23. The van der Waals surface area contributed by atoms with E-state index in [1.165, 1.54) is 0 Å². The Morgan fingerprint density at radius 3 is 2.92 bits per heavy atom. The first-order valence-electron chi connectivity index (χ1n) is 9.16. The quantitative estimate of drug-likeness (QED) is 0.766. The maximum atomic E-state index is 13.1. The van der Waals surface area contributed by atoms with E-state index in [4.69, 9.17) is 9.47 Å². The fraction of sp³-hybridized carbons (Fsp3) is 0.778. The molecule has 0 aliphatic carbocycles. The van der Waals surface area contributed by atoms with Crippen molar-refractivity contribution in [1.82, 2.24) is 14.7 Å². The average molecular weight is 335 g/mol. The Labute approximate surface area is 144 Å². The number of amides is 1. The summed E-state index contributed by atoms with van der Waals surface area (Å²) in [4.78, 5) is 15.1. The smallest absolute Gasteiger partial charge is 0.252 e. The summed E-state index contributed by atoms with van der Waals surface area (Å²) in [5.74, 6) is 0.280. The number of hydrogen-bond donors (Lipinski definition) is 0. The van der Waals surface area contributed by atoms with Crippen molar-refractivity contribution < 1.29 is 14.3 Å². The normalized spacial score (nSPS) is 25.5. The topological polar surface area (TPSA) is 56.6 Å². The van der Waals surface area contributed by atoms with E-state index in [0.29, 0.717) is 6.61 Å². The fourth-order valence-electron chi connectivity index (χ4n) is 3.64. The van der Waals surface area contributed by atoms with Crippen LogP contribution in [0, 0.1) is 5.92 Å². The Bertz CT molecular complexity index is 512. The number of ether oxygens (including phenoxy) is 2. The minimum Gasteiger partial charge on any atom is -0.376 e. The summed E-state index contributed by atoms with van der Waals surface area (Å²) in [5, 5.41) is 4.27. The molecule has 0 bridgehead atoms. The molecule has 2 fully saturated rings. The molecule has 24 heavy (non-hydrogen) atoms. The predicted molar refractivity (Wildman–Crippen MR) is 90.5 cm³/mol. The van der Waals surface area contributed by atoms with Crippen LogP contribution in [-0.2, 0) is 20.8 Å². The number of aromatic nitrogens is 2. The van der Waals surface area contributed by atoms with Gasteiger partial charge in [0.25, 0.3) is 5.91 Å². The molecule has 6 nitrogen and oxygen atoms in total. The highest BCUT2D eigenvalue weighted by Gasteiger charge is 2.35. The Hall–Kier alpha value is -1.40. The molecule has 0 aromatic carbocycles. The van der Waals surface area contributed by atoms with Gasteiger partial charge >= 0.3 is 0 Å². The molecule has 6 heteroatoms. The first-order chi connectivity index (χ1) is 11.6. The number of rotatable bonds is 7. The lowest BCUT2D eigenvalue weighted by molar-refractivity contribution is -0.150. The van der Waals surface area contributed by atoms with Crippen molar-refractivity contribution >= 4 is 5.91 Å². The summed E-state index contributed by atoms with van der Waals surface area (Å²) >= 11 is 0. The number of nitrogens with zero attached hydrogens (tertiary/aromatic N) is 3. The minimum absolute atomic E-state index is 0.123. The first-order valence-corrected chi connectivity index (χ1v) is 9.16. The maximum absolute atomic E-state index is 13.1. The van der Waals surface area contributed by atoms with Gasteiger partial charge < -0.3 is 14.4 Å². The van der Waals surface area contributed by atoms with E-state index in [1.807, 2.05) is 21.8 Å². The highest BCUT2D eigenvalue weighted by molar-refractivity contribution is 5.81. The van der Waals surface area contributed by atoms with E-state index in [-0.39, 0.29) is 30.1 Å². The van der Waals surface area contributed by atoms with Gasteiger partial charge in [-0.1, -0.05) is 13.8 Å². The van der Waals surface area contributed by atoms with Crippen LogP contribution < -0.4 is 0 Å². The molecule has 1 aromatic rings. The van der Waals surface area contributed by atoms with Gasteiger partial charge in [-0.25, -0.2) is 0 Å². The summed E-state index contributed by atoms with van der Waals surface area (Å²) in [7, 11) is 0. The fourth-order valence-corrected chi connectivity index (χ4v) is 3.64. The summed E-state index contributed by atoms with van der Waals surface area (Å²) in [5.41, 5.74) is 0. The SMILES string of the molecule is CC(C)[C@H](OC[C@@H]1CCCO1)C(=O)N1CCC[C@@H]1Cn1cccn1. The molecule has 134 valence electrons. The lowest BCUT2D eigenvalue weighted by atomic mass is 10.1. The zero-order valence-electron chi connectivity index (χ0n) is 14.8. The van der Waals surface area contributed by atoms with Crippen molar-refractivity contribution in [3.05, 3.63) is 18.5 Å². The van der Waals surface area contributed by atoms with E-state index < -0.39 is 0 Å². The van der Waals surface area contributed by atoms with E-state index in [0.717, 1.165) is 45.4 Å². The predicted octanol–water partition coefficient (Wildman–Crippen LogP) is 2.09. The molecule has 0 N–H and O–H groups in total. The third-order valence-corrected chi connectivity index (χ3v) is 4.95. The molecule has 0 saturated carbocycles. The second-order valence-electron chi connectivity index (χ2n) is 7.19. The molecule has 0 spiro atoms. The molecule has 2 aliphatic rings. The monoisotopic (exact) mass is 335 g/mol. The van der Waals surface area contributed by atoms with Gasteiger partial charge in [-0.05, 0) is 37.7 Å². The van der Waals surface area contributed by atoms with Crippen molar-refractivity contribution in [3.63, 3.8) is 0 Å². The number of carbonyl (C=O) groups excluding carboxylic acids is 1. The molecule has 0 radical (unpaired) electrons.